The molecule has 1 fully saturated rings. The molecule has 0 atom stereocenters. The zero-order chi connectivity index (χ0) is 25.7. The SMILES string of the molecule is COc1cc(C(=O)N(C)c2ccc(C)cc2O)ccc1NC(=O)c1ccccc1OC1CCNCC1. The molecule has 1 heterocycles. The summed E-state index contributed by atoms with van der Waals surface area (Å²) in [5.74, 6) is 0.233. The van der Waals surface area contributed by atoms with Gasteiger partial charge in [0, 0.05) is 12.6 Å². The van der Waals surface area contributed by atoms with Crippen LogP contribution < -0.4 is 25.0 Å². The molecule has 0 unspecified atom stereocenters. The Hall–Kier alpha value is -4.04. The molecule has 4 rings (SSSR count). The van der Waals surface area contributed by atoms with Crippen LogP contribution in [-0.4, -0.2) is 50.3 Å². The average Bonchev–Trinajstić information content (AvgIpc) is 2.89. The number of amides is 2. The number of nitrogens with one attached hydrogen (secondary N) is 2. The molecular weight excluding hydrogens is 458 g/mol. The molecule has 3 N–H and O–H groups in total. The topological polar surface area (TPSA) is 100 Å². The zero-order valence-corrected chi connectivity index (χ0v) is 20.7. The number of phenols is 1. The van der Waals surface area contributed by atoms with Crippen LogP contribution in [0.2, 0.25) is 0 Å². The van der Waals surface area contributed by atoms with E-state index in [-0.39, 0.29) is 23.7 Å². The van der Waals surface area contributed by atoms with Crippen LogP contribution in [0.25, 0.3) is 0 Å². The van der Waals surface area contributed by atoms with Gasteiger partial charge in [-0.1, -0.05) is 18.2 Å². The number of hydrogen-bond acceptors (Lipinski definition) is 6. The number of aromatic hydroxyl groups is 1. The highest BCUT2D eigenvalue weighted by molar-refractivity contribution is 6.09. The molecule has 8 heteroatoms. The standard InChI is InChI=1S/C28H31N3O5/c1-18-8-11-23(24(32)16-18)31(2)28(34)19-9-10-22(26(17-19)35-3)30-27(33)21-6-4-5-7-25(21)36-20-12-14-29-15-13-20/h4-11,16-17,20,29,32H,12-15H2,1-3H3,(H,30,33). The van der Waals surface area contributed by atoms with Crippen LogP contribution in [0.4, 0.5) is 11.4 Å². The minimum Gasteiger partial charge on any atom is -0.506 e. The number of carbonyl (C=O) groups is 2. The van der Waals surface area contributed by atoms with E-state index in [2.05, 4.69) is 10.6 Å². The van der Waals surface area contributed by atoms with E-state index in [4.69, 9.17) is 9.47 Å². The van der Waals surface area contributed by atoms with Crippen LogP contribution in [0, 0.1) is 6.92 Å². The number of nitrogens with zero attached hydrogens (tertiary/aromatic N) is 1. The second-order valence-electron chi connectivity index (χ2n) is 8.79. The number of piperidine rings is 1. The van der Waals surface area contributed by atoms with Gasteiger partial charge in [0.1, 0.15) is 23.4 Å². The first kappa shape index (κ1) is 25.1. The second-order valence-corrected chi connectivity index (χ2v) is 8.79. The van der Waals surface area contributed by atoms with Crippen molar-refractivity contribution >= 4 is 23.2 Å². The van der Waals surface area contributed by atoms with E-state index in [9.17, 15) is 14.7 Å². The van der Waals surface area contributed by atoms with E-state index < -0.39 is 0 Å². The number of phenolic OH excluding ortho intramolecular Hbond substituents is 1. The molecule has 36 heavy (non-hydrogen) atoms. The number of para-hydroxylation sites is 1. The van der Waals surface area contributed by atoms with Crippen molar-refractivity contribution in [2.45, 2.75) is 25.9 Å². The van der Waals surface area contributed by atoms with Crippen LogP contribution in [0.15, 0.2) is 60.7 Å². The normalized spacial score (nSPS) is 13.6. The van der Waals surface area contributed by atoms with Crippen molar-refractivity contribution in [1.82, 2.24) is 5.32 Å². The summed E-state index contributed by atoms with van der Waals surface area (Å²) < 4.78 is 11.6. The number of aryl methyl sites for hydroxylation is 1. The van der Waals surface area contributed by atoms with Gasteiger partial charge in [0.2, 0.25) is 0 Å². The largest absolute Gasteiger partial charge is 0.506 e. The van der Waals surface area contributed by atoms with E-state index in [1.54, 1.807) is 55.6 Å². The molecule has 1 aliphatic heterocycles. The third-order valence-electron chi connectivity index (χ3n) is 6.21. The van der Waals surface area contributed by atoms with Crippen molar-refractivity contribution in [3.05, 3.63) is 77.4 Å². The van der Waals surface area contributed by atoms with Gasteiger partial charge in [-0.3, -0.25) is 9.59 Å². The minimum atomic E-state index is -0.335. The molecule has 2 amide bonds. The maximum Gasteiger partial charge on any atom is 0.259 e. The number of rotatable bonds is 7. The minimum absolute atomic E-state index is 0.0204. The lowest BCUT2D eigenvalue weighted by Gasteiger charge is -2.25. The maximum absolute atomic E-state index is 13.2. The van der Waals surface area contributed by atoms with E-state index >= 15 is 0 Å². The Balaban J connectivity index is 1.52. The molecular formula is C28H31N3O5. The van der Waals surface area contributed by atoms with Crippen molar-refractivity contribution in [2.75, 3.05) is 37.5 Å². The van der Waals surface area contributed by atoms with Crippen molar-refractivity contribution in [3.8, 4) is 17.2 Å². The highest BCUT2D eigenvalue weighted by Gasteiger charge is 2.21. The molecule has 0 aromatic heterocycles. The van der Waals surface area contributed by atoms with Crippen LogP contribution >= 0.6 is 0 Å². The van der Waals surface area contributed by atoms with Gasteiger partial charge in [-0.2, -0.15) is 0 Å². The summed E-state index contributed by atoms with van der Waals surface area (Å²) in [6, 6.07) is 17.1. The molecule has 3 aromatic carbocycles. The smallest absolute Gasteiger partial charge is 0.259 e. The summed E-state index contributed by atoms with van der Waals surface area (Å²) in [5, 5.41) is 16.4. The Morgan fingerprint density at radius 2 is 1.78 bits per heavy atom. The van der Waals surface area contributed by atoms with E-state index in [1.165, 1.54) is 12.0 Å². The first-order valence-corrected chi connectivity index (χ1v) is 11.9. The Morgan fingerprint density at radius 3 is 2.50 bits per heavy atom. The summed E-state index contributed by atoms with van der Waals surface area (Å²) >= 11 is 0. The highest BCUT2D eigenvalue weighted by atomic mass is 16.5. The second kappa shape index (κ2) is 11.1. The van der Waals surface area contributed by atoms with Gasteiger partial charge < -0.3 is 30.1 Å². The van der Waals surface area contributed by atoms with Gasteiger partial charge in [0.25, 0.3) is 11.8 Å². The van der Waals surface area contributed by atoms with Crippen molar-refractivity contribution in [1.29, 1.82) is 0 Å². The predicted molar refractivity (Wildman–Crippen MR) is 139 cm³/mol. The summed E-state index contributed by atoms with van der Waals surface area (Å²) in [6.45, 7) is 3.64. The number of benzene rings is 3. The number of hydrogen-bond donors (Lipinski definition) is 3. The van der Waals surface area contributed by atoms with Crippen molar-refractivity contribution < 1.29 is 24.2 Å². The van der Waals surface area contributed by atoms with Crippen molar-refractivity contribution in [2.24, 2.45) is 0 Å². The summed E-state index contributed by atoms with van der Waals surface area (Å²) in [5.41, 5.74) is 2.49. The fourth-order valence-corrected chi connectivity index (χ4v) is 4.19. The first-order chi connectivity index (χ1) is 17.4. The molecule has 3 aromatic rings. The maximum atomic E-state index is 13.2. The van der Waals surface area contributed by atoms with E-state index in [0.717, 1.165) is 31.5 Å². The van der Waals surface area contributed by atoms with Crippen LogP contribution in [0.5, 0.6) is 17.2 Å². The third kappa shape index (κ3) is 5.60. The Labute approximate surface area is 210 Å². The quantitative estimate of drug-likeness (QED) is 0.456. The molecule has 0 bridgehead atoms. The summed E-state index contributed by atoms with van der Waals surface area (Å²) in [7, 11) is 3.07. The van der Waals surface area contributed by atoms with Crippen LogP contribution in [0.1, 0.15) is 39.1 Å². The average molecular weight is 490 g/mol. The fourth-order valence-electron chi connectivity index (χ4n) is 4.19. The fraction of sp³-hybridized carbons (Fsp3) is 0.286. The predicted octanol–water partition coefficient (Wildman–Crippen LogP) is 4.37. The number of carbonyl (C=O) groups excluding carboxylic acids is 2. The Bertz CT molecular complexity index is 1250. The van der Waals surface area contributed by atoms with Gasteiger partial charge in [0.15, 0.2) is 0 Å². The molecule has 1 aliphatic rings. The first-order valence-electron chi connectivity index (χ1n) is 11.9. The van der Waals surface area contributed by atoms with Crippen LogP contribution in [0.3, 0.4) is 0 Å². The Morgan fingerprint density at radius 1 is 1.03 bits per heavy atom. The van der Waals surface area contributed by atoms with Gasteiger partial charge in [0.05, 0.1) is 24.0 Å². The zero-order valence-electron chi connectivity index (χ0n) is 20.7. The lowest BCUT2D eigenvalue weighted by atomic mass is 10.1. The monoisotopic (exact) mass is 489 g/mol. The van der Waals surface area contributed by atoms with Crippen LogP contribution in [-0.2, 0) is 0 Å². The van der Waals surface area contributed by atoms with Crippen molar-refractivity contribution in [3.63, 3.8) is 0 Å². The molecule has 1 saturated heterocycles. The molecule has 188 valence electrons. The summed E-state index contributed by atoms with van der Waals surface area (Å²) in [6.07, 6.45) is 1.83. The molecule has 8 nitrogen and oxygen atoms in total. The molecule has 0 saturated carbocycles. The van der Waals surface area contributed by atoms with E-state index in [1.807, 2.05) is 19.1 Å². The van der Waals surface area contributed by atoms with Gasteiger partial charge in [-0.15, -0.1) is 0 Å². The van der Waals surface area contributed by atoms with Gasteiger partial charge in [-0.25, -0.2) is 0 Å². The molecule has 0 aliphatic carbocycles. The van der Waals surface area contributed by atoms with Gasteiger partial charge in [-0.05, 0) is 80.9 Å². The lowest BCUT2D eigenvalue weighted by molar-refractivity contribution is 0.0990. The van der Waals surface area contributed by atoms with Gasteiger partial charge >= 0.3 is 0 Å². The number of ether oxygens (including phenoxy) is 2. The summed E-state index contributed by atoms with van der Waals surface area (Å²) in [4.78, 5) is 27.6. The molecule has 0 radical (unpaired) electrons. The lowest BCUT2D eigenvalue weighted by Crippen LogP contribution is -2.34. The number of anilines is 2. The Kier molecular flexibility index (Phi) is 7.75. The molecule has 0 spiro atoms. The third-order valence-corrected chi connectivity index (χ3v) is 6.21. The number of methoxy groups -OCH3 is 1. The van der Waals surface area contributed by atoms with E-state index in [0.29, 0.717) is 34.0 Å². The highest BCUT2D eigenvalue weighted by Crippen LogP contribution is 2.31.